The minimum atomic E-state index is 0.416. The van der Waals surface area contributed by atoms with Gasteiger partial charge in [-0.25, -0.2) is 0 Å². The monoisotopic (exact) mass is 201 g/mol. The maximum Gasteiger partial charge on any atom is 0.0108 e. The Balaban J connectivity index is 1.75. The fraction of sp³-hybridized carbons (Fsp3) is 0.571. The highest BCUT2D eigenvalue weighted by Gasteiger charge is 2.28. The van der Waals surface area contributed by atoms with Gasteiger partial charge in [-0.3, -0.25) is 0 Å². The van der Waals surface area contributed by atoms with Crippen LogP contribution in [0.4, 0.5) is 0 Å². The lowest BCUT2D eigenvalue weighted by atomic mass is 9.74. The van der Waals surface area contributed by atoms with Crippen molar-refractivity contribution in [3.63, 3.8) is 0 Å². The maximum absolute atomic E-state index is 5.99. The van der Waals surface area contributed by atoms with Crippen molar-refractivity contribution < 1.29 is 0 Å². The summed E-state index contributed by atoms with van der Waals surface area (Å²) >= 11 is 0. The molecule has 2 aliphatic rings. The van der Waals surface area contributed by atoms with Gasteiger partial charge in [0.2, 0.25) is 0 Å². The predicted octanol–water partition coefficient (Wildman–Crippen LogP) is 3.16. The third-order valence-electron chi connectivity index (χ3n) is 4.27. The van der Waals surface area contributed by atoms with Crippen molar-refractivity contribution in [3.8, 4) is 0 Å². The second-order valence-corrected chi connectivity index (χ2v) is 5.14. The SMILES string of the molecule is NC1CCC1c1ccc(C2CCC2)cc1. The molecule has 2 N–H and O–H groups in total. The summed E-state index contributed by atoms with van der Waals surface area (Å²) in [5, 5.41) is 0. The topological polar surface area (TPSA) is 26.0 Å². The van der Waals surface area contributed by atoms with Crippen molar-refractivity contribution in [2.45, 2.75) is 50.0 Å². The molecule has 0 amide bonds. The molecule has 0 spiro atoms. The van der Waals surface area contributed by atoms with Crippen molar-refractivity contribution >= 4 is 0 Å². The van der Waals surface area contributed by atoms with E-state index >= 15 is 0 Å². The second kappa shape index (κ2) is 3.64. The van der Waals surface area contributed by atoms with E-state index in [1.807, 2.05) is 0 Å². The molecule has 1 aromatic rings. The zero-order chi connectivity index (χ0) is 10.3. The Labute approximate surface area is 91.7 Å². The number of hydrogen-bond donors (Lipinski definition) is 1. The Morgan fingerprint density at radius 1 is 0.867 bits per heavy atom. The summed E-state index contributed by atoms with van der Waals surface area (Å²) < 4.78 is 0. The fourth-order valence-corrected chi connectivity index (χ4v) is 2.70. The van der Waals surface area contributed by atoms with Crippen LogP contribution in [0.15, 0.2) is 24.3 Å². The molecule has 2 saturated carbocycles. The fourth-order valence-electron chi connectivity index (χ4n) is 2.70. The molecular formula is C14H19N. The standard InChI is InChI=1S/C14H19N/c15-14-9-8-13(14)12-6-4-11(5-7-12)10-2-1-3-10/h4-7,10,13-14H,1-3,8-9,15H2. The molecule has 3 rings (SSSR count). The van der Waals surface area contributed by atoms with E-state index in [9.17, 15) is 0 Å². The van der Waals surface area contributed by atoms with Crippen LogP contribution in [0.5, 0.6) is 0 Å². The van der Waals surface area contributed by atoms with Gasteiger partial charge in [-0.05, 0) is 48.6 Å². The second-order valence-electron chi connectivity index (χ2n) is 5.14. The summed E-state index contributed by atoms with van der Waals surface area (Å²) in [4.78, 5) is 0. The molecule has 0 bridgehead atoms. The zero-order valence-electron chi connectivity index (χ0n) is 9.15. The highest BCUT2D eigenvalue weighted by Crippen LogP contribution is 2.39. The Morgan fingerprint density at radius 3 is 1.93 bits per heavy atom. The first kappa shape index (κ1) is 9.41. The molecule has 0 saturated heterocycles. The first-order valence-electron chi connectivity index (χ1n) is 6.20. The van der Waals surface area contributed by atoms with Gasteiger partial charge in [0.05, 0.1) is 0 Å². The largest absolute Gasteiger partial charge is 0.327 e. The molecule has 0 aliphatic heterocycles. The van der Waals surface area contributed by atoms with Gasteiger partial charge in [0.1, 0.15) is 0 Å². The molecule has 15 heavy (non-hydrogen) atoms. The van der Waals surface area contributed by atoms with Crippen LogP contribution in [0.2, 0.25) is 0 Å². The van der Waals surface area contributed by atoms with E-state index in [0.29, 0.717) is 12.0 Å². The van der Waals surface area contributed by atoms with Crippen LogP contribution in [0.3, 0.4) is 0 Å². The maximum atomic E-state index is 5.99. The molecule has 0 aromatic heterocycles. The zero-order valence-corrected chi connectivity index (χ0v) is 9.15. The molecule has 2 aliphatic carbocycles. The van der Waals surface area contributed by atoms with E-state index in [0.717, 1.165) is 5.92 Å². The number of hydrogen-bond acceptors (Lipinski definition) is 1. The van der Waals surface area contributed by atoms with Crippen LogP contribution in [-0.4, -0.2) is 6.04 Å². The van der Waals surface area contributed by atoms with E-state index in [1.54, 1.807) is 0 Å². The van der Waals surface area contributed by atoms with Crippen molar-refractivity contribution in [1.29, 1.82) is 0 Å². The van der Waals surface area contributed by atoms with Crippen molar-refractivity contribution in [2.24, 2.45) is 5.73 Å². The van der Waals surface area contributed by atoms with Crippen LogP contribution in [0.25, 0.3) is 0 Å². The van der Waals surface area contributed by atoms with Crippen LogP contribution in [0.1, 0.15) is 55.1 Å². The number of benzene rings is 1. The van der Waals surface area contributed by atoms with E-state index in [-0.39, 0.29) is 0 Å². The van der Waals surface area contributed by atoms with Gasteiger partial charge in [0.25, 0.3) is 0 Å². The van der Waals surface area contributed by atoms with Crippen molar-refractivity contribution in [3.05, 3.63) is 35.4 Å². The smallest absolute Gasteiger partial charge is 0.0108 e. The lowest BCUT2D eigenvalue weighted by Gasteiger charge is -2.34. The Hall–Kier alpha value is -0.820. The molecule has 1 heteroatoms. The highest BCUT2D eigenvalue weighted by molar-refractivity contribution is 5.30. The summed E-state index contributed by atoms with van der Waals surface area (Å²) in [7, 11) is 0. The van der Waals surface area contributed by atoms with Gasteiger partial charge in [-0.1, -0.05) is 30.7 Å². The van der Waals surface area contributed by atoms with Crippen molar-refractivity contribution in [2.75, 3.05) is 0 Å². The molecule has 1 aromatic carbocycles. The van der Waals surface area contributed by atoms with Gasteiger partial charge >= 0.3 is 0 Å². The van der Waals surface area contributed by atoms with Gasteiger partial charge in [0.15, 0.2) is 0 Å². The molecule has 2 fully saturated rings. The minimum Gasteiger partial charge on any atom is -0.327 e. The lowest BCUT2D eigenvalue weighted by molar-refractivity contribution is 0.346. The first-order chi connectivity index (χ1) is 7.34. The predicted molar refractivity (Wildman–Crippen MR) is 63.0 cm³/mol. The summed E-state index contributed by atoms with van der Waals surface area (Å²) in [5.41, 5.74) is 8.99. The average Bonchev–Trinajstić information content (AvgIpc) is 2.16. The summed E-state index contributed by atoms with van der Waals surface area (Å²) in [6.07, 6.45) is 6.68. The molecular weight excluding hydrogens is 182 g/mol. The quantitative estimate of drug-likeness (QED) is 0.781. The van der Waals surface area contributed by atoms with Gasteiger partial charge in [-0.15, -0.1) is 0 Å². The molecule has 1 nitrogen and oxygen atoms in total. The van der Waals surface area contributed by atoms with E-state index in [2.05, 4.69) is 24.3 Å². The van der Waals surface area contributed by atoms with Gasteiger partial charge < -0.3 is 5.73 Å². The van der Waals surface area contributed by atoms with Crippen LogP contribution in [0, 0.1) is 0 Å². The average molecular weight is 201 g/mol. The number of nitrogens with two attached hydrogens (primary N) is 1. The van der Waals surface area contributed by atoms with Crippen molar-refractivity contribution in [1.82, 2.24) is 0 Å². The summed E-state index contributed by atoms with van der Waals surface area (Å²) in [5.74, 6) is 1.49. The molecule has 2 atom stereocenters. The lowest BCUT2D eigenvalue weighted by Crippen LogP contribution is -2.37. The van der Waals surface area contributed by atoms with Crippen LogP contribution < -0.4 is 5.73 Å². The third kappa shape index (κ3) is 1.59. The number of rotatable bonds is 2. The minimum absolute atomic E-state index is 0.416. The molecule has 80 valence electrons. The molecule has 2 unspecified atom stereocenters. The molecule has 0 heterocycles. The summed E-state index contributed by atoms with van der Waals surface area (Å²) in [6.45, 7) is 0. The first-order valence-corrected chi connectivity index (χ1v) is 6.20. The molecule has 0 radical (unpaired) electrons. The normalized spacial score (nSPS) is 30.7. The Kier molecular flexibility index (Phi) is 2.28. The van der Waals surface area contributed by atoms with E-state index in [1.165, 1.54) is 43.2 Å². The van der Waals surface area contributed by atoms with Gasteiger partial charge in [0, 0.05) is 6.04 Å². The van der Waals surface area contributed by atoms with Crippen LogP contribution in [-0.2, 0) is 0 Å². The van der Waals surface area contributed by atoms with E-state index < -0.39 is 0 Å². The van der Waals surface area contributed by atoms with Crippen LogP contribution >= 0.6 is 0 Å². The van der Waals surface area contributed by atoms with Gasteiger partial charge in [-0.2, -0.15) is 0 Å². The third-order valence-corrected chi connectivity index (χ3v) is 4.27. The van der Waals surface area contributed by atoms with E-state index in [4.69, 9.17) is 5.73 Å². The Morgan fingerprint density at radius 2 is 1.53 bits per heavy atom. The highest BCUT2D eigenvalue weighted by atomic mass is 14.7. The Bertz CT molecular complexity index is 337. The summed E-state index contributed by atoms with van der Waals surface area (Å²) in [6, 6.07) is 9.67.